The lowest BCUT2D eigenvalue weighted by molar-refractivity contribution is 0.1000. The van der Waals surface area contributed by atoms with Crippen molar-refractivity contribution in [1.29, 1.82) is 0 Å². The molecule has 2 rings (SSSR count). The van der Waals surface area contributed by atoms with Crippen molar-refractivity contribution in [1.82, 2.24) is 4.98 Å². The van der Waals surface area contributed by atoms with Crippen molar-refractivity contribution < 1.29 is 4.79 Å². The molecular formula is C11H10N2OS. The molecule has 0 saturated heterocycles. The monoisotopic (exact) mass is 218 g/mol. The quantitative estimate of drug-likeness (QED) is 0.840. The Balaban J connectivity index is 2.41. The van der Waals surface area contributed by atoms with Crippen molar-refractivity contribution in [3.8, 4) is 11.3 Å². The van der Waals surface area contributed by atoms with Crippen molar-refractivity contribution in [2.75, 3.05) is 0 Å². The van der Waals surface area contributed by atoms with Crippen LogP contribution in [0.5, 0.6) is 0 Å². The highest BCUT2D eigenvalue weighted by molar-refractivity contribution is 7.12. The van der Waals surface area contributed by atoms with Crippen molar-refractivity contribution in [2.24, 2.45) is 5.73 Å². The van der Waals surface area contributed by atoms with E-state index in [1.165, 1.54) is 16.9 Å². The molecule has 0 saturated carbocycles. The first-order valence-corrected chi connectivity index (χ1v) is 5.37. The molecule has 0 aliphatic rings. The van der Waals surface area contributed by atoms with E-state index in [2.05, 4.69) is 4.98 Å². The van der Waals surface area contributed by atoms with Crippen molar-refractivity contribution in [3.05, 3.63) is 40.2 Å². The van der Waals surface area contributed by atoms with Crippen LogP contribution in [0, 0.1) is 6.92 Å². The largest absolute Gasteiger partial charge is 0.364 e. The second kappa shape index (κ2) is 3.82. The number of thiazole rings is 1. The topological polar surface area (TPSA) is 56.0 Å². The number of rotatable bonds is 2. The highest BCUT2D eigenvalue weighted by Gasteiger charge is 2.08. The average molecular weight is 218 g/mol. The average Bonchev–Trinajstić information content (AvgIpc) is 2.66. The number of nitrogens with two attached hydrogens (primary N) is 1. The summed E-state index contributed by atoms with van der Waals surface area (Å²) in [6.07, 6.45) is 0. The van der Waals surface area contributed by atoms with E-state index in [-0.39, 0.29) is 0 Å². The Labute approximate surface area is 91.6 Å². The number of aromatic nitrogens is 1. The third-order valence-corrected chi connectivity index (χ3v) is 2.89. The van der Waals surface area contributed by atoms with Crippen LogP contribution < -0.4 is 5.73 Å². The first-order valence-electron chi connectivity index (χ1n) is 4.49. The van der Waals surface area contributed by atoms with Crippen LogP contribution in [0.3, 0.4) is 0 Å². The maximum atomic E-state index is 10.9. The summed E-state index contributed by atoms with van der Waals surface area (Å²) in [5.41, 5.74) is 8.13. The summed E-state index contributed by atoms with van der Waals surface area (Å²) in [6.45, 7) is 2.02. The molecule has 0 fully saturated rings. The van der Waals surface area contributed by atoms with Crippen LogP contribution in [0.4, 0.5) is 0 Å². The summed E-state index contributed by atoms with van der Waals surface area (Å²) in [7, 11) is 0. The minimum atomic E-state index is -0.473. The number of benzene rings is 1. The molecule has 0 bridgehead atoms. The molecule has 0 aliphatic heterocycles. The van der Waals surface area contributed by atoms with Gasteiger partial charge in [0, 0.05) is 10.9 Å². The fraction of sp³-hybridized carbons (Fsp3) is 0.0909. The van der Waals surface area contributed by atoms with Crippen LogP contribution in [0.2, 0.25) is 0 Å². The number of aryl methyl sites for hydroxylation is 1. The van der Waals surface area contributed by atoms with Crippen molar-refractivity contribution in [3.63, 3.8) is 0 Å². The SMILES string of the molecule is Cc1cccc(-c2csc(C(N)=O)n2)c1. The smallest absolute Gasteiger partial charge is 0.277 e. The predicted molar refractivity (Wildman–Crippen MR) is 60.8 cm³/mol. The van der Waals surface area contributed by atoms with E-state index in [0.717, 1.165) is 11.3 Å². The molecule has 1 aromatic heterocycles. The van der Waals surface area contributed by atoms with E-state index in [9.17, 15) is 4.79 Å². The Kier molecular flexibility index (Phi) is 2.51. The minimum absolute atomic E-state index is 0.353. The fourth-order valence-electron chi connectivity index (χ4n) is 1.32. The van der Waals surface area contributed by atoms with E-state index in [1.54, 1.807) is 0 Å². The van der Waals surface area contributed by atoms with Gasteiger partial charge >= 0.3 is 0 Å². The molecule has 0 spiro atoms. The van der Waals surface area contributed by atoms with E-state index in [0.29, 0.717) is 5.01 Å². The maximum Gasteiger partial charge on any atom is 0.277 e. The van der Waals surface area contributed by atoms with Gasteiger partial charge < -0.3 is 5.73 Å². The van der Waals surface area contributed by atoms with E-state index in [4.69, 9.17) is 5.73 Å². The summed E-state index contributed by atoms with van der Waals surface area (Å²) >= 11 is 1.27. The Morgan fingerprint density at radius 2 is 2.27 bits per heavy atom. The maximum absolute atomic E-state index is 10.9. The lowest BCUT2D eigenvalue weighted by Gasteiger charge is -1.97. The van der Waals surface area contributed by atoms with E-state index < -0.39 is 5.91 Å². The van der Waals surface area contributed by atoms with Gasteiger partial charge in [-0.05, 0) is 13.0 Å². The molecule has 0 atom stereocenters. The van der Waals surface area contributed by atoms with Gasteiger partial charge in [0.15, 0.2) is 5.01 Å². The van der Waals surface area contributed by atoms with E-state index in [1.807, 2.05) is 36.6 Å². The Morgan fingerprint density at radius 1 is 1.47 bits per heavy atom. The molecule has 4 heteroatoms. The van der Waals surface area contributed by atoms with Crippen LogP contribution in [0.1, 0.15) is 15.4 Å². The number of hydrogen-bond donors (Lipinski definition) is 1. The second-order valence-corrected chi connectivity index (χ2v) is 4.13. The molecule has 76 valence electrons. The number of hydrogen-bond acceptors (Lipinski definition) is 3. The van der Waals surface area contributed by atoms with Gasteiger partial charge in [0.25, 0.3) is 5.91 Å². The highest BCUT2D eigenvalue weighted by Crippen LogP contribution is 2.22. The molecule has 0 radical (unpaired) electrons. The molecule has 1 aromatic carbocycles. The zero-order valence-electron chi connectivity index (χ0n) is 8.23. The Hall–Kier alpha value is -1.68. The molecule has 0 aliphatic carbocycles. The highest BCUT2D eigenvalue weighted by atomic mass is 32.1. The van der Waals surface area contributed by atoms with Gasteiger partial charge in [-0.1, -0.05) is 23.8 Å². The summed E-state index contributed by atoms with van der Waals surface area (Å²) < 4.78 is 0. The van der Waals surface area contributed by atoms with Gasteiger partial charge in [0.2, 0.25) is 0 Å². The minimum Gasteiger partial charge on any atom is -0.364 e. The molecule has 1 heterocycles. The van der Waals surface area contributed by atoms with Gasteiger partial charge in [0.05, 0.1) is 5.69 Å². The third-order valence-electron chi connectivity index (χ3n) is 2.03. The fourth-order valence-corrected chi connectivity index (χ4v) is 2.00. The number of amides is 1. The second-order valence-electron chi connectivity index (χ2n) is 3.27. The standard InChI is InChI=1S/C11H10N2OS/c1-7-3-2-4-8(5-7)9-6-15-11(13-9)10(12)14/h2-6H,1H3,(H2,12,14). The van der Waals surface area contributed by atoms with Gasteiger partial charge in [-0.15, -0.1) is 11.3 Å². The normalized spacial score (nSPS) is 10.2. The lowest BCUT2D eigenvalue weighted by atomic mass is 10.1. The summed E-state index contributed by atoms with van der Waals surface area (Å²) in [4.78, 5) is 15.0. The van der Waals surface area contributed by atoms with Crippen LogP contribution in [-0.4, -0.2) is 10.9 Å². The molecule has 0 unspecified atom stereocenters. The van der Waals surface area contributed by atoms with Gasteiger partial charge in [0.1, 0.15) is 0 Å². The molecule has 15 heavy (non-hydrogen) atoms. The van der Waals surface area contributed by atoms with Gasteiger partial charge in [-0.3, -0.25) is 4.79 Å². The first kappa shape index (κ1) is 9.86. The van der Waals surface area contributed by atoms with Crippen molar-refractivity contribution in [2.45, 2.75) is 6.92 Å². The molecule has 1 amide bonds. The zero-order chi connectivity index (χ0) is 10.8. The molecular weight excluding hydrogens is 208 g/mol. The number of primary amides is 1. The summed E-state index contributed by atoms with van der Waals surface area (Å²) in [6, 6.07) is 7.98. The molecule has 3 nitrogen and oxygen atoms in total. The summed E-state index contributed by atoms with van der Waals surface area (Å²) in [5.74, 6) is -0.473. The van der Waals surface area contributed by atoms with Gasteiger partial charge in [-0.25, -0.2) is 4.98 Å². The number of nitrogens with zero attached hydrogens (tertiary/aromatic N) is 1. The number of carbonyl (C=O) groups excluding carboxylic acids is 1. The van der Waals surface area contributed by atoms with Crippen LogP contribution in [0.15, 0.2) is 29.6 Å². The summed E-state index contributed by atoms with van der Waals surface area (Å²) in [5, 5.41) is 2.20. The zero-order valence-corrected chi connectivity index (χ0v) is 9.04. The van der Waals surface area contributed by atoms with Crippen molar-refractivity contribution >= 4 is 17.2 Å². The number of carbonyl (C=O) groups is 1. The first-order chi connectivity index (χ1) is 7.16. The Bertz CT molecular complexity index is 505. The molecule has 2 aromatic rings. The van der Waals surface area contributed by atoms with Crippen LogP contribution in [-0.2, 0) is 0 Å². The van der Waals surface area contributed by atoms with Crippen LogP contribution in [0.25, 0.3) is 11.3 Å². The van der Waals surface area contributed by atoms with Crippen LogP contribution >= 0.6 is 11.3 Å². The van der Waals surface area contributed by atoms with Gasteiger partial charge in [-0.2, -0.15) is 0 Å². The van der Waals surface area contributed by atoms with E-state index >= 15 is 0 Å². The molecule has 2 N–H and O–H groups in total. The Morgan fingerprint density at radius 3 is 2.87 bits per heavy atom. The predicted octanol–water partition coefficient (Wildman–Crippen LogP) is 2.22. The third kappa shape index (κ3) is 2.05. The lowest BCUT2D eigenvalue weighted by Crippen LogP contribution is -2.10.